The summed E-state index contributed by atoms with van der Waals surface area (Å²) in [5.74, 6) is -3.20. The zero-order chi connectivity index (χ0) is 15.9. The van der Waals surface area contributed by atoms with Gasteiger partial charge in [0.25, 0.3) is 5.79 Å². The van der Waals surface area contributed by atoms with Crippen molar-refractivity contribution in [2.75, 3.05) is 5.73 Å². The van der Waals surface area contributed by atoms with Crippen molar-refractivity contribution in [3.8, 4) is 0 Å². The lowest BCUT2D eigenvalue weighted by Gasteiger charge is -2.32. The number of esters is 2. The first-order valence-electron chi connectivity index (χ1n) is 6.75. The number of carbonyl (C=O) groups excluding carboxylic acids is 2. The molecule has 2 N–H and O–H groups in total. The predicted octanol–water partition coefficient (Wildman–Crippen LogP) is 0.251. The minimum Gasteiger partial charge on any atom is -0.422 e. The second-order valence-corrected chi connectivity index (χ2v) is 5.46. The zero-order valence-electron chi connectivity index (χ0n) is 12.1. The van der Waals surface area contributed by atoms with Crippen LogP contribution in [0.1, 0.15) is 20.3 Å². The van der Waals surface area contributed by atoms with Crippen LogP contribution in [-0.4, -0.2) is 37.2 Å². The maximum atomic E-state index is 11.9. The molecule has 0 radical (unpaired) electrons. The third-order valence-corrected chi connectivity index (χ3v) is 3.30. The molecule has 1 saturated heterocycles. The second-order valence-electron chi connectivity index (χ2n) is 5.46. The summed E-state index contributed by atoms with van der Waals surface area (Å²) in [5.41, 5.74) is 6.69. The van der Waals surface area contributed by atoms with Gasteiger partial charge < -0.3 is 19.8 Å². The highest BCUT2D eigenvalue weighted by Crippen LogP contribution is 2.25. The van der Waals surface area contributed by atoms with Crippen LogP contribution in [0.5, 0.6) is 0 Å². The Morgan fingerprint density at radius 1 is 1.27 bits per heavy atom. The molecule has 0 amide bonds. The molecule has 0 atom stereocenters. The summed E-state index contributed by atoms with van der Waals surface area (Å²) in [7, 11) is 0. The first kappa shape index (κ1) is 14.2. The smallest absolute Gasteiger partial charge is 0.323 e. The Morgan fingerprint density at radius 2 is 1.95 bits per heavy atom. The molecule has 9 nitrogen and oxygen atoms in total. The number of nitrogens with zero attached hydrogens (tertiary/aromatic N) is 4. The lowest BCUT2D eigenvalue weighted by Crippen LogP contribution is -2.46. The number of hydrogen-bond donors (Lipinski definition) is 1. The van der Waals surface area contributed by atoms with Crippen molar-refractivity contribution in [1.29, 1.82) is 0 Å². The van der Waals surface area contributed by atoms with Gasteiger partial charge in [-0.25, -0.2) is 9.97 Å². The number of nitrogen functional groups attached to an aromatic ring is 1. The quantitative estimate of drug-likeness (QED) is 0.632. The highest BCUT2D eigenvalue weighted by atomic mass is 16.7. The van der Waals surface area contributed by atoms with Crippen LogP contribution in [0.3, 0.4) is 0 Å². The molecule has 0 aromatic carbocycles. The maximum Gasteiger partial charge on any atom is 0.323 e. The van der Waals surface area contributed by atoms with Gasteiger partial charge in [0.15, 0.2) is 11.6 Å². The SMILES string of the molecule is CC1(C)OC(=O)C(CCn2cnc3cnc(N)nc32)C(=O)O1. The van der Waals surface area contributed by atoms with E-state index in [4.69, 9.17) is 15.2 Å². The summed E-state index contributed by atoms with van der Waals surface area (Å²) in [4.78, 5) is 35.9. The number of aryl methyl sites for hydroxylation is 1. The summed E-state index contributed by atoms with van der Waals surface area (Å²) in [6.07, 6.45) is 3.30. The van der Waals surface area contributed by atoms with Crippen LogP contribution < -0.4 is 5.73 Å². The van der Waals surface area contributed by atoms with Crippen LogP contribution in [0, 0.1) is 5.92 Å². The van der Waals surface area contributed by atoms with Gasteiger partial charge in [0.2, 0.25) is 5.95 Å². The first-order chi connectivity index (χ1) is 10.4. The van der Waals surface area contributed by atoms with Crippen LogP contribution in [-0.2, 0) is 25.6 Å². The van der Waals surface area contributed by atoms with Gasteiger partial charge in [0.05, 0.1) is 12.5 Å². The number of anilines is 1. The molecular formula is C13H15N5O4. The highest BCUT2D eigenvalue weighted by Gasteiger charge is 2.42. The predicted molar refractivity (Wildman–Crippen MR) is 74.1 cm³/mol. The molecule has 1 aliphatic heterocycles. The van der Waals surface area contributed by atoms with Crippen molar-refractivity contribution in [2.24, 2.45) is 5.92 Å². The minimum absolute atomic E-state index is 0.132. The Bertz CT molecular complexity index is 734. The fourth-order valence-electron chi connectivity index (χ4n) is 2.28. The minimum atomic E-state index is -1.21. The third kappa shape index (κ3) is 2.57. The van der Waals surface area contributed by atoms with E-state index in [0.717, 1.165) is 0 Å². The van der Waals surface area contributed by atoms with Gasteiger partial charge >= 0.3 is 11.9 Å². The fraction of sp³-hybridized carbons (Fsp3) is 0.462. The van der Waals surface area contributed by atoms with Crippen molar-refractivity contribution in [3.63, 3.8) is 0 Å². The monoisotopic (exact) mass is 305 g/mol. The molecule has 9 heteroatoms. The molecule has 2 aromatic heterocycles. The Kier molecular flexibility index (Phi) is 3.19. The van der Waals surface area contributed by atoms with Crippen molar-refractivity contribution < 1.29 is 19.1 Å². The topological polar surface area (TPSA) is 122 Å². The van der Waals surface area contributed by atoms with Gasteiger partial charge in [-0.2, -0.15) is 4.98 Å². The average Bonchev–Trinajstić information content (AvgIpc) is 2.79. The van der Waals surface area contributed by atoms with Gasteiger partial charge in [-0.3, -0.25) is 9.59 Å². The number of rotatable bonds is 3. The van der Waals surface area contributed by atoms with Gasteiger partial charge in [-0.05, 0) is 6.42 Å². The van der Waals surface area contributed by atoms with E-state index in [2.05, 4.69) is 15.0 Å². The fourth-order valence-corrected chi connectivity index (χ4v) is 2.28. The molecule has 0 bridgehead atoms. The van der Waals surface area contributed by atoms with E-state index >= 15 is 0 Å². The van der Waals surface area contributed by atoms with Gasteiger partial charge in [-0.15, -0.1) is 0 Å². The average molecular weight is 305 g/mol. The number of nitrogens with two attached hydrogens (primary N) is 1. The molecular weight excluding hydrogens is 290 g/mol. The molecule has 0 spiro atoms. The largest absolute Gasteiger partial charge is 0.422 e. The van der Waals surface area contributed by atoms with Gasteiger partial charge in [0, 0.05) is 20.4 Å². The summed E-state index contributed by atoms with van der Waals surface area (Å²) in [6, 6.07) is 0. The normalized spacial score (nSPS) is 18.3. The van der Waals surface area contributed by atoms with Crippen molar-refractivity contribution in [1.82, 2.24) is 19.5 Å². The maximum absolute atomic E-state index is 11.9. The number of hydrogen-bond acceptors (Lipinski definition) is 8. The second kappa shape index (κ2) is 4.93. The molecule has 22 heavy (non-hydrogen) atoms. The van der Waals surface area contributed by atoms with Crippen molar-refractivity contribution in [3.05, 3.63) is 12.5 Å². The molecule has 116 valence electrons. The van der Waals surface area contributed by atoms with Crippen molar-refractivity contribution in [2.45, 2.75) is 32.6 Å². The molecule has 0 saturated carbocycles. The van der Waals surface area contributed by atoms with E-state index in [-0.39, 0.29) is 12.4 Å². The zero-order valence-corrected chi connectivity index (χ0v) is 12.1. The summed E-state index contributed by atoms with van der Waals surface area (Å²) in [5, 5.41) is 0. The number of fused-ring (bicyclic) bond motifs is 1. The van der Waals surface area contributed by atoms with E-state index in [1.54, 1.807) is 10.9 Å². The lowest BCUT2D eigenvalue weighted by molar-refractivity contribution is -0.240. The van der Waals surface area contributed by atoms with Crippen LogP contribution in [0.25, 0.3) is 11.2 Å². The highest BCUT2D eigenvalue weighted by molar-refractivity contribution is 5.96. The number of imidazole rings is 1. The number of aromatic nitrogens is 4. The van der Waals surface area contributed by atoms with Crippen LogP contribution in [0.4, 0.5) is 5.95 Å². The molecule has 2 aromatic rings. The van der Waals surface area contributed by atoms with E-state index in [1.807, 2.05) is 0 Å². The summed E-state index contributed by atoms with van der Waals surface area (Å²) in [6.45, 7) is 3.38. The van der Waals surface area contributed by atoms with Gasteiger partial charge in [0.1, 0.15) is 5.52 Å². The van der Waals surface area contributed by atoms with Crippen LogP contribution >= 0.6 is 0 Å². The van der Waals surface area contributed by atoms with E-state index in [0.29, 0.717) is 17.7 Å². The molecule has 1 aliphatic rings. The molecule has 0 unspecified atom stereocenters. The number of cyclic esters (lactones) is 2. The van der Waals surface area contributed by atoms with E-state index < -0.39 is 23.6 Å². The van der Waals surface area contributed by atoms with Crippen LogP contribution in [0.2, 0.25) is 0 Å². The Morgan fingerprint density at radius 3 is 2.64 bits per heavy atom. The lowest BCUT2D eigenvalue weighted by atomic mass is 10.0. The third-order valence-electron chi connectivity index (χ3n) is 3.30. The molecule has 3 heterocycles. The van der Waals surface area contributed by atoms with Crippen molar-refractivity contribution >= 4 is 29.1 Å². The Labute approximate surface area is 125 Å². The number of ether oxygens (including phenoxy) is 2. The van der Waals surface area contributed by atoms with E-state index in [1.165, 1.54) is 20.0 Å². The summed E-state index contributed by atoms with van der Waals surface area (Å²) >= 11 is 0. The summed E-state index contributed by atoms with van der Waals surface area (Å²) < 4.78 is 11.9. The van der Waals surface area contributed by atoms with E-state index in [9.17, 15) is 9.59 Å². The molecule has 0 aliphatic carbocycles. The van der Waals surface area contributed by atoms with Crippen LogP contribution in [0.15, 0.2) is 12.5 Å². The first-order valence-corrected chi connectivity index (χ1v) is 6.75. The number of carbonyl (C=O) groups is 2. The molecule has 3 rings (SSSR count). The van der Waals surface area contributed by atoms with Gasteiger partial charge in [-0.1, -0.05) is 0 Å². The molecule has 1 fully saturated rings. The standard InChI is InChI=1S/C13H15N5O4/c1-13(2)21-10(19)7(11(20)22-13)3-4-18-6-16-8-5-15-12(14)17-9(8)18/h5-7H,3-4H2,1-2H3,(H2,14,15,17). The Hall–Kier alpha value is -2.71. The Balaban J connectivity index is 1.75.